The summed E-state index contributed by atoms with van der Waals surface area (Å²) in [4.78, 5) is 45.1. The number of rotatable bonds is 5. The van der Waals surface area contributed by atoms with Crippen molar-refractivity contribution in [1.29, 1.82) is 0 Å². The van der Waals surface area contributed by atoms with Crippen LogP contribution < -0.4 is 5.32 Å². The summed E-state index contributed by atoms with van der Waals surface area (Å²) in [5.41, 5.74) is 5.00. The fourth-order valence-electron chi connectivity index (χ4n) is 4.21. The minimum Gasteiger partial charge on any atom is -0.358 e. The molecule has 0 saturated carbocycles. The number of anilines is 1. The normalized spacial score (nSPS) is 14.5. The molecular formula is C25H28N4O3. The summed E-state index contributed by atoms with van der Waals surface area (Å²) in [5.74, 6) is -1.05. The smallest absolute Gasteiger partial charge is 0.295 e. The van der Waals surface area contributed by atoms with Crippen molar-refractivity contribution in [1.82, 2.24) is 14.8 Å². The number of carbonyl (C=O) groups excluding carboxylic acids is 3. The number of hydrogen-bond donors (Lipinski definition) is 2. The molecule has 0 unspecified atom stereocenters. The molecule has 2 amide bonds. The molecule has 32 heavy (non-hydrogen) atoms. The minimum atomic E-state index is -0.489. The van der Waals surface area contributed by atoms with Gasteiger partial charge < -0.3 is 15.2 Å². The fourth-order valence-corrected chi connectivity index (χ4v) is 4.21. The molecule has 7 heteroatoms. The first-order valence-electron chi connectivity index (χ1n) is 10.8. The second-order valence-electron chi connectivity index (χ2n) is 8.36. The van der Waals surface area contributed by atoms with E-state index in [1.807, 2.05) is 68.1 Å². The molecule has 0 radical (unpaired) electrons. The lowest BCUT2D eigenvalue weighted by atomic mass is 10.1. The summed E-state index contributed by atoms with van der Waals surface area (Å²) < 4.78 is 0. The number of para-hydroxylation sites is 1. The third-order valence-corrected chi connectivity index (χ3v) is 6.22. The van der Waals surface area contributed by atoms with Gasteiger partial charge in [-0.3, -0.25) is 19.3 Å². The molecule has 0 aliphatic carbocycles. The van der Waals surface area contributed by atoms with E-state index in [-0.39, 0.29) is 12.5 Å². The highest BCUT2D eigenvalue weighted by molar-refractivity contribution is 6.45. The highest BCUT2D eigenvalue weighted by Crippen LogP contribution is 2.23. The standard InChI is InChI=1S/C25H28N4O3/c1-16-7-6-10-20(17(16)2)27-22(30)15-28-11-13-29(14-12-28)25(32)24(31)23-18(3)26-21-9-5-4-8-19(21)23/h4-10,26H,11-15H2,1-3H3,(H,27,30). The van der Waals surface area contributed by atoms with Gasteiger partial charge in [-0.15, -0.1) is 0 Å². The first-order valence-corrected chi connectivity index (χ1v) is 10.8. The number of aromatic amines is 1. The molecule has 2 aromatic carbocycles. The quantitative estimate of drug-likeness (QED) is 0.479. The van der Waals surface area contributed by atoms with Gasteiger partial charge >= 0.3 is 0 Å². The van der Waals surface area contributed by atoms with Crippen LogP contribution >= 0.6 is 0 Å². The number of fused-ring (bicyclic) bond motifs is 1. The predicted octanol–water partition coefficient (Wildman–Crippen LogP) is 3.06. The molecule has 2 N–H and O–H groups in total. The van der Waals surface area contributed by atoms with Gasteiger partial charge in [-0.1, -0.05) is 30.3 Å². The van der Waals surface area contributed by atoms with Crippen LogP contribution in [0.3, 0.4) is 0 Å². The lowest BCUT2D eigenvalue weighted by Crippen LogP contribution is -2.52. The van der Waals surface area contributed by atoms with E-state index in [1.165, 1.54) is 0 Å². The fraction of sp³-hybridized carbons (Fsp3) is 0.320. The van der Waals surface area contributed by atoms with E-state index in [0.29, 0.717) is 37.4 Å². The monoisotopic (exact) mass is 432 g/mol. The van der Waals surface area contributed by atoms with Crippen molar-refractivity contribution in [2.45, 2.75) is 20.8 Å². The number of piperazine rings is 1. The largest absolute Gasteiger partial charge is 0.358 e. The molecule has 0 spiro atoms. The molecule has 4 rings (SSSR count). The van der Waals surface area contributed by atoms with Crippen LogP contribution in [0.1, 0.15) is 27.2 Å². The second-order valence-corrected chi connectivity index (χ2v) is 8.36. The van der Waals surface area contributed by atoms with Crippen molar-refractivity contribution >= 4 is 34.2 Å². The van der Waals surface area contributed by atoms with E-state index in [2.05, 4.69) is 10.3 Å². The van der Waals surface area contributed by atoms with Crippen LogP contribution in [0.5, 0.6) is 0 Å². The van der Waals surface area contributed by atoms with Crippen LogP contribution in [0.2, 0.25) is 0 Å². The first kappa shape index (κ1) is 21.8. The zero-order valence-corrected chi connectivity index (χ0v) is 18.7. The van der Waals surface area contributed by atoms with E-state index < -0.39 is 11.7 Å². The van der Waals surface area contributed by atoms with E-state index in [4.69, 9.17) is 0 Å². The maximum absolute atomic E-state index is 13.0. The summed E-state index contributed by atoms with van der Waals surface area (Å²) in [6, 6.07) is 13.3. The lowest BCUT2D eigenvalue weighted by molar-refractivity contribution is -0.128. The van der Waals surface area contributed by atoms with Gasteiger partial charge in [-0.05, 0) is 44.0 Å². The van der Waals surface area contributed by atoms with Gasteiger partial charge in [0.25, 0.3) is 11.7 Å². The number of H-pyrrole nitrogens is 1. The van der Waals surface area contributed by atoms with E-state index >= 15 is 0 Å². The average Bonchev–Trinajstić information content (AvgIpc) is 3.12. The Morgan fingerprint density at radius 2 is 1.66 bits per heavy atom. The SMILES string of the molecule is Cc1cccc(NC(=O)CN2CCN(C(=O)C(=O)c3c(C)[nH]c4ccccc34)CC2)c1C. The van der Waals surface area contributed by atoms with Crippen LogP contribution in [-0.4, -0.2) is 65.1 Å². The van der Waals surface area contributed by atoms with Crippen molar-refractivity contribution in [2.75, 3.05) is 38.0 Å². The van der Waals surface area contributed by atoms with Crippen LogP contribution in [-0.2, 0) is 9.59 Å². The number of ketones is 1. The Bertz CT molecular complexity index is 1190. The van der Waals surface area contributed by atoms with Gasteiger partial charge in [-0.25, -0.2) is 0 Å². The molecule has 166 valence electrons. The molecular weight excluding hydrogens is 404 g/mol. The molecule has 2 heterocycles. The maximum atomic E-state index is 13.0. The number of nitrogens with zero attached hydrogens (tertiary/aromatic N) is 2. The molecule has 1 aliphatic rings. The molecule has 3 aromatic rings. The highest BCUT2D eigenvalue weighted by Gasteiger charge is 2.30. The number of amides is 2. The molecule has 0 atom stereocenters. The summed E-state index contributed by atoms with van der Waals surface area (Å²) >= 11 is 0. The van der Waals surface area contributed by atoms with Gasteiger partial charge in [0.15, 0.2) is 0 Å². The topological polar surface area (TPSA) is 85.5 Å². The summed E-state index contributed by atoms with van der Waals surface area (Å²) in [5, 5.41) is 3.74. The van der Waals surface area contributed by atoms with Gasteiger partial charge in [0.2, 0.25) is 5.91 Å². The first-order chi connectivity index (χ1) is 15.3. The minimum absolute atomic E-state index is 0.0797. The molecule has 1 aliphatic heterocycles. The maximum Gasteiger partial charge on any atom is 0.295 e. The number of aryl methyl sites for hydroxylation is 2. The summed E-state index contributed by atoms with van der Waals surface area (Å²) in [6.07, 6.45) is 0. The zero-order chi connectivity index (χ0) is 22.8. The molecule has 0 bridgehead atoms. The van der Waals surface area contributed by atoms with Crippen LogP contribution in [0.15, 0.2) is 42.5 Å². The molecule has 1 fully saturated rings. The number of carbonyl (C=O) groups is 3. The molecule has 7 nitrogen and oxygen atoms in total. The van der Waals surface area contributed by atoms with Crippen LogP contribution in [0.4, 0.5) is 5.69 Å². The number of aromatic nitrogens is 1. The Labute approximate surface area is 187 Å². The number of Topliss-reactive ketones (excluding diaryl/α,β-unsaturated/α-hetero) is 1. The lowest BCUT2D eigenvalue weighted by Gasteiger charge is -2.34. The Morgan fingerprint density at radius 1 is 0.938 bits per heavy atom. The Morgan fingerprint density at radius 3 is 2.41 bits per heavy atom. The average molecular weight is 433 g/mol. The Balaban J connectivity index is 1.34. The van der Waals surface area contributed by atoms with Gasteiger partial charge in [0, 0.05) is 48.5 Å². The van der Waals surface area contributed by atoms with Crippen molar-refractivity contribution in [3.63, 3.8) is 0 Å². The van der Waals surface area contributed by atoms with Gasteiger partial charge in [-0.2, -0.15) is 0 Å². The molecule has 1 aromatic heterocycles. The summed E-state index contributed by atoms with van der Waals surface area (Å²) in [7, 11) is 0. The number of nitrogens with one attached hydrogen (secondary N) is 2. The summed E-state index contributed by atoms with van der Waals surface area (Å²) in [6.45, 7) is 8.00. The van der Waals surface area contributed by atoms with Gasteiger partial charge in [0.05, 0.1) is 12.1 Å². The van der Waals surface area contributed by atoms with E-state index in [0.717, 1.165) is 27.7 Å². The molecule has 1 saturated heterocycles. The van der Waals surface area contributed by atoms with E-state index in [9.17, 15) is 14.4 Å². The van der Waals surface area contributed by atoms with Crippen molar-refractivity contribution in [3.8, 4) is 0 Å². The predicted molar refractivity (Wildman–Crippen MR) is 125 cm³/mol. The Kier molecular flexibility index (Phi) is 6.10. The second kappa shape index (κ2) is 8.96. The number of hydrogen-bond acceptors (Lipinski definition) is 4. The van der Waals surface area contributed by atoms with E-state index in [1.54, 1.807) is 4.90 Å². The van der Waals surface area contributed by atoms with Gasteiger partial charge in [0.1, 0.15) is 0 Å². The Hall–Kier alpha value is -3.45. The van der Waals surface area contributed by atoms with Crippen molar-refractivity contribution in [3.05, 3.63) is 64.8 Å². The third-order valence-electron chi connectivity index (χ3n) is 6.22. The van der Waals surface area contributed by atoms with Crippen LogP contribution in [0.25, 0.3) is 10.9 Å². The van der Waals surface area contributed by atoms with Crippen molar-refractivity contribution in [2.24, 2.45) is 0 Å². The zero-order valence-electron chi connectivity index (χ0n) is 18.7. The van der Waals surface area contributed by atoms with Crippen LogP contribution in [0, 0.1) is 20.8 Å². The highest BCUT2D eigenvalue weighted by atomic mass is 16.2. The third kappa shape index (κ3) is 4.29. The van der Waals surface area contributed by atoms with Crippen molar-refractivity contribution < 1.29 is 14.4 Å². The number of benzene rings is 2.